The summed E-state index contributed by atoms with van der Waals surface area (Å²) >= 11 is 1.47. The first kappa shape index (κ1) is 27.4. The zero-order valence-corrected chi connectivity index (χ0v) is 19.0. The number of nitrogens with one attached hydrogen (secondary N) is 4. The molecule has 13 heteroatoms. The molecule has 0 radical (unpaired) electrons. The minimum atomic E-state index is -1.14. The molecule has 9 N–H and O–H groups in total. The van der Waals surface area contributed by atoms with Gasteiger partial charge < -0.3 is 37.5 Å². The number of H-pyrrole nitrogens is 1. The highest BCUT2D eigenvalue weighted by atomic mass is 32.2. The van der Waals surface area contributed by atoms with E-state index >= 15 is 0 Å². The van der Waals surface area contributed by atoms with Crippen LogP contribution in [-0.4, -0.2) is 82.0 Å². The van der Waals surface area contributed by atoms with E-state index in [1.54, 1.807) is 6.20 Å². The van der Waals surface area contributed by atoms with Gasteiger partial charge in [0.1, 0.15) is 12.1 Å². The summed E-state index contributed by atoms with van der Waals surface area (Å²) in [6.07, 6.45) is 6.85. The van der Waals surface area contributed by atoms with Gasteiger partial charge in [-0.1, -0.05) is 0 Å². The average Bonchev–Trinajstić information content (AvgIpc) is 3.26. The van der Waals surface area contributed by atoms with Crippen LogP contribution in [0, 0.1) is 0 Å². The molecule has 0 aliphatic rings. The maximum atomic E-state index is 12.6. The largest absolute Gasteiger partial charge is 0.480 e. The van der Waals surface area contributed by atoms with Crippen molar-refractivity contribution in [1.82, 2.24) is 25.9 Å². The normalized spacial score (nSPS) is 13.6. The Balaban J connectivity index is 2.61. The molecule has 3 atom stereocenters. The minimum absolute atomic E-state index is 0.226. The fourth-order valence-corrected chi connectivity index (χ4v) is 3.27. The van der Waals surface area contributed by atoms with Crippen molar-refractivity contribution in [2.45, 2.75) is 50.2 Å². The van der Waals surface area contributed by atoms with Gasteiger partial charge in [-0.3, -0.25) is 14.4 Å². The molecule has 0 aliphatic carbocycles. The first-order valence-electron chi connectivity index (χ1n) is 10.3. The Hall–Kier alpha value is -2.64. The average molecular weight is 472 g/mol. The van der Waals surface area contributed by atoms with Gasteiger partial charge in [-0.15, -0.1) is 0 Å². The first-order chi connectivity index (χ1) is 15.3. The third-order valence-corrected chi connectivity index (χ3v) is 5.22. The molecule has 0 fully saturated rings. The number of imidazole rings is 1. The lowest BCUT2D eigenvalue weighted by atomic mass is 10.1. The standard InChI is InChI=1S/C19H33N7O5S/c1-32-7-5-15(19(30)31)26-18(29)14(4-2-3-6-20)25-16(27)10-23-17(28)13(21)8-12-9-22-11-24-12/h9,11,13-15H,2-8,10,20-21H2,1H3,(H,22,24)(H,23,28)(H,25,27)(H,26,29)(H,30,31). The fourth-order valence-electron chi connectivity index (χ4n) is 2.80. The molecule has 1 rings (SSSR count). The lowest BCUT2D eigenvalue weighted by Crippen LogP contribution is -2.54. The Bertz CT molecular complexity index is 732. The highest BCUT2D eigenvalue weighted by Gasteiger charge is 2.26. The van der Waals surface area contributed by atoms with E-state index in [1.807, 2.05) is 6.26 Å². The molecule has 0 bridgehead atoms. The Kier molecular flexibility index (Phi) is 13.0. The Morgan fingerprint density at radius 3 is 2.50 bits per heavy atom. The van der Waals surface area contributed by atoms with E-state index in [-0.39, 0.29) is 25.8 Å². The van der Waals surface area contributed by atoms with Gasteiger partial charge in [0.2, 0.25) is 17.7 Å². The number of carboxylic acids is 1. The number of aromatic nitrogens is 2. The summed E-state index contributed by atoms with van der Waals surface area (Å²) in [6.45, 7) is 0.0586. The van der Waals surface area contributed by atoms with Crippen molar-refractivity contribution < 1.29 is 24.3 Å². The number of rotatable bonds is 16. The van der Waals surface area contributed by atoms with Crippen molar-refractivity contribution in [3.63, 3.8) is 0 Å². The quantitative estimate of drug-likeness (QED) is 0.137. The number of unbranched alkanes of at least 4 members (excludes halogenated alkanes) is 1. The van der Waals surface area contributed by atoms with Crippen molar-refractivity contribution in [3.05, 3.63) is 18.2 Å². The van der Waals surface area contributed by atoms with E-state index in [4.69, 9.17) is 11.5 Å². The summed E-state index contributed by atoms with van der Waals surface area (Å²) in [6, 6.07) is -2.87. The minimum Gasteiger partial charge on any atom is -0.480 e. The van der Waals surface area contributed by atoms with Gasteiger partial charge in [-0.2, -0.15) is 11.8 Å². The molecule has 0 aliphatic heterocycles. The third kappa shape index (κ3) is 10.6. The predicted octanol–water partition coefficient (Wildman–Crippen LogP) is -1.67. The number of aliphatic carboxylic acids is 1. The van der Waals surface area contributed by atoms with Gasteiger partial charge in [-0.25, -0.2) is 9.78 Å². The Morgan fingerprint density at radius 2 is 1.91 bits per heavy atom. The van der Waals surface area contributed by atoms with Crippen molar-refractivity contribution in [3.8, 4) is 0 Å². The predicted molar refractivity (Wildman–Crippen MR) is 121 cm³/mol. The van der Waals surface area contributed by atoms with E-state index in [9.17, 15) is 24.3 Å². The van der Waals surface area contributed by atoms with Crippen LogP contribution in [0.25, 0.3) is 0 Å². The molecule has 0 spiro atoms. The zero-order valence-electron chi connectivity index (χ0n) is 18.1. The summed E-state index contributed by atoms with van der Waals surface area (Å²) in [5.41, 5.74) is 12.0. The van der Waals surface area contributed by atoms with Gasteiger partial charge in [0.25, 0.3) is 0 Å². The molecule has 0 saturated heterocycles. The van der Waals surface area contributed by atoms with Crippen LogP contribution in [0.3, 0.4) is 0 Å². The number of aromatic amines is 1. The third-order valence-electron chi connectivity index (χ3n) is 4.58. The molecule has 0 saturated carbocycles. The lowest BCUT2D eigenvalue weighted by molar-refractivity contribution is -0.142. The van der Waals surface area contributed by atoms with Gasteiger partial charge in [0, 0.05) is 18.3 Å². The summed E-state index contributed by atoms with van der Waals surface area (Å²) in [7, 11) is 0. The van der Waals surface area contributed by atoms with Crippen molar-refractivity contribution in [1.29, 1.82) is 0 Å². The van der Waals surface area contributed by atoms with E-state index in [0.717, 1.165) is 0 Å². The zero-order chi connectivity index (χ0) is 23.9. The van der Waals surface area contributed by atoms with Crippen LogP contribution in [0.5, 0.6) is 0 Å². The summed E-state index contributed by atoms with van der Waals surface area (Å²) in [4.78, 5) is 55.2. The fraction of sp³-hybridized carbons (Fsp3) is 0.632. The molecule has 1 heterocycles. The molecule has 1 aromatic rings. The molecule has 32 heavy (non-hydrogen) atoms. The van der Waals surface area contributed by atoms with Gasteiger partial charge in [0.15, 0.2) is 0 Å². The van der Waals surface area contributed by atoms with Gasteiger partial charge >= 0.3 is 5.97 Å². The SMILES string of the molecule is CSCCC(NC(=O)C(CCCCN)NC(=O)CNC(=O)C(N)Cc1cnc[nH]1)C(=O)O. The number of carbonyl (C=O) groups excluding carboxylic acids is 3. The molecule has 0 aromatic carbocycles. The number of hydrogen-bond acceptors (Lipinski definition) is 8. The molecule has 12 nitrogen and oxygen atoms in total. The van der Waals surface area contributed by atoms with Gasteiger partial charge in [-0.05, 0) is 44.2 Å². The smallest absolute Gasteiger partial charge is 0.326 e. The molecule has 3 unspecified atom stereocenters. The van der Waals surface area contributed by atoms with E-state index in [2.05, 4.69) is 25.9 Å². The van der Waals surface area contributed by atoms with Crippen LogP contribution in [0.4, 0.5) is 0 Å². The number of hydrogen-bond donors (Lipinski definition) is 7. The molecule has 180 valence electrons. The van der Waals surface area contributed by atoms with Crippen LogP contribution in [0.1, 0.15) is 31.4 Å². The first-order valence-corrected chi connectivity index (χ1v) is 11.7. The molecule has 1 aromatic heterocycles. The van der Waals surface area contributed by atoms with E-state index in [0.29, 0.717) is 30.8 Å². The Morgan fingerprint density at radius 1 is 1.16 bits per heavy atom. The second kappa shape index (κ2) is 15.2. The number of thioether (sulfide) groups is 1. The Labute approximate surface area is 191 Å². The highest BCUT2D eigenvalue weighted by molar-refractivity contribution is 7.98. The maximum absolute atomic E-state index is 12.6. The summed E-state index contributed by atoms with van der Waals surface area (Å²) in [5.74, 6) is -2.28. The van der Waals surface area contributed by atoms with Crippen LogP contribution in [-0.2, 0) is 25.6 Å². The number of carbonyl (C=O) groups is 4. The monoisotopic (exact) mass is 471 g/mol. The van der Waals surface area contributed by atoms with Crippen molar-refractivity contribution in [2.24, 2.45) is 11.5 Å². The molecular weight excluding hydrogens is 438 g/mol. The lowest BCUT2D eigenvalue weighted by Gasteiger charge is -2.21. The second-order valence-corrected chi connectivity index (χ2v) is 8.18. The number of carboxylic acid groups (broad SMARTS) is 1. The van der Waals surface area contributed by atoms with Gasteiger partial charge in [0.05, 0.1) is 18.9 Å². The summed E-state index contributed by atoms with van der Waals surface area (Å²) < 4.78 is 0. The highest BCUT2D eigenvalue weighted by Crippen LogP contribution is 2.05. The van der Waals surface area contributed by atoms with Crippen LogP contribution in [0.2, 0.25) is 0 Å². The molecular formula is C19H33N7O5S. The van der Waals surface area contributed by atoms with E-state index < -0.39 is 41.8 Å². The number of nitrogens with zero attached hydrogens (tertiary/aromatic N) is 1. The van der Waals surface area contributed by atoms with Crippen LogP contribution >= 0.6 is 11.8 Å². The second-order valence-electron chi connectivity index (χ2n) is 7.19. The topological polar surface area (TPSA) is 205 Å². The number of amides is 3. The van der Waals surface area contributed by atoms with Crippen LogP contribution in [0.15, 0.2) is 12.5 Å². The molecule has 3 amide bonds. The number of nitrogens with two attached hydrogens (primary N) is 2. The van der Waals surface area contributed by atoms with E-state index in [1.165, 1.54) is 18.1 Å². The van der Waals surface area contributed by atoms with Crippen molar-refractivity contribution >= 4 is 35.5 Å². The summed E-state index contributed by atoms with van der Waals surface area (Å²) in [5, 5.41) is 16.8. The van der Waals surface area contributed by atoms with Crippen molar-refractivity contribution in [2.75, 3.05) is 25.1 Å². The maximum Gasteiger partial charge on any atom is 0.326 e. The van der Waals surface area contributed by atoms with Crippen LogP contribution < -0.4 is 27.4 Å².